The molecule has 0 atom stereocenters. The summed E-state index contributed by atoms with van der Waals surface area (Å²) < 4.78 is 8.21. The number of hydrogen-bond acceptors (Lipinski definition) is 2. The number of ether oxygens (including phenoxy) is 1. The van der Waals surface area contributed by atoms with E-state index in [4.69, 9.17) is 4.74 Å². The Hall–Kier alpha value is -1.29. The first-order valence-corrected chi connectivity index (χ1v) is 8.81. The van der Waals surface area contributed by atoms with Gasteiger partial charge in [0.25, 0.3) is 0 Å². The van der Waals surface area contributed by atoms with Crippen LogP contribution in [0.25, 0.3) is 10.9 Å². The van der Waals surface area contributed by atoms with E-state index in [9.17, 15) is 4.79 Å². The van der Waals surface area contributed by atoms with Crippen molar-refractivity contribution in [3.8, 4) is 0 Å². The van der Waals surface area contributed by atoms with Crippen molar-refractivity contribution in [2.45, 2.75) is 45.1 Å². The Morgan fingerprint density at radius 2 is 2.09 bits per heavy atom. The third-order valence-electron chi connectivity index (χ3n) is 4.67. The van der Waals surface area contributed by atoms with Gasteiger partial charge < -0.3 is 9.30 Å². The van der Waals surface area contributed by atoms with Gasteiger partial charge in [0.05, 0.1) is 13.5 Å². The Labute approximate surface area is 139 Å². The smallest absolute Gasteiger partial charge is 0.310 e. The SMILES string of the molecule is COC(=O)Cc1cn(CC2CCCCC2)c2ccc(Br)cc12. The Morgan fingerprint density at radius 1 is 1.32 bits per heavy atom. The van der Waals surface area contributed by atoms with Crippen molar-refractivity contribution in [2.24, 2.45) is 5.92 Å². The van der Waals surface area contributed by atoms with Gasteiger partial charge in [-0.2, -0.15) is 0 Å². The number of methoxy groups -OCH3 is 1. The fourth-order valence-corrected chi connectivity index (χ4v) is 3.87. The highest BCUT2D eigenvalue weighted by atomic mass is 79.9. The Balaban J connectivity index is 1.93. The number of esters is 1. The number of rotatable bonds is 4. The molecule has 118 valence electrons. The van der Waals surface area contributed by atoms with Gasteiger partial charge in [-0.3, -0.25) is 4.79 Å². The lowest BCUT2D eigenvalue weighted by molar-refractivity contribution is -0.139. The first kappa shape index (κ1) is 15.6. The minimum atomic E-state index is -0.184. The molecule has 3 rings (SSSR count). The maximum absolute atomic E-state index is 11.7. The number of carbonyl (C=O) groups is 1. The largest absolute Gasteiger partial charge is 0.469 e. The zero-order chi connectivity index (χ0) is 15.5. The van der Waals surface area contributed by atoms with Crippen molar-refractivity contribution in [1.29, 1.82) is 0 Å². The molecular formula is C18H22BrNO2. The summed E-state index contributed by atoms with van der Waals surface area (Å²) in [5, 5.41) is 1.15. The molecular weight excluding hydrogens is 342 g/mol. The van der Waals surface area contributed by atoms with Gasteiger partial charge in [-0.1, -0.05) is 35.2 Å². The summed E-state index contributed by atoms with van der Waals surface area (Å²) >= 11 is 3.53. The lowest BCUT2D eigenvalue weighted by atomic mass is 9.89. The van der Waals surface area contributed by atoms with Gasteiger partial charge in [0.15, 0.2) is 0 Å². The average molecular weight is 364 g/mol. The van der Waals surface area contributed by atoms with Crippen LogP contribution in [0.15, 0.2) is 28.9 Å². The summed E-state index contributed by atoms with van der Waals surface area (Å²) in [5.74, 6) is 0.579. The lowest BCUT2D eigenvalue weighted by Gasteiger charge is -2.22. The van der Waals surface area contributed by atoms with Gasteiger partial charge in [0.2, 0.25) is 0 Å². The van der Waals surface area contributed by atoms with Gasteiger partial charge in [-0.05, 0) is 42.5 Å². The van der Waals surface area contributed by atoms with Gasteiger partial charge >= 0.3 is 5.97 Å². The molecule has 0 unspecified atom stereocenters. The predicted octanol–water partition coefficient (Wildman–Crippen LogP) is 4.70. The van der Waals surface area contributed by atoms with Crippen LogP contribution in [0, 0.1) is 5.92 Å². The van der Waals surface area contributed by atoms with E-state index in [0.717, 1.165) is 27.9 Å². The predicted molar refractivity (Wildman–Crippen MR) is 91.9 cm³/mol. The molecule has 1 aliphatic rings. The molecule has 0 bridgehead atoms. The molecule has 3 nitrogen and oxygen atoms in total. The highest BCUT2D eigenvalue weighted by molar-refractivity contribution is 9.10. The van der Waals surface area contributed by atoms with Crippen LogP contribution in [-0.2, 0) is 22.5 Å². The van der Waals surface area contributed by atoms with Crippen LogP contribution in [0.2, 0.25) is 0 Å². The second-order valence-electron chi connectivity index (χ2n) is 6.23. The number of benzene rings is 1. The van der Waals surface area contributed by atoms with E-state index >= 15 is 0 Å². The first-order valence-electron chi connectivity index (χ1n) is 8.01. The Bertz CT molecular complexity index is 671. The summed E-state index contributed by atoms with van der Waals surface area (Å²) in [6.07, 6.45) is 9.20. The number of halogens is 1. The van der Waals surface area contributed by atoms with E-state index in [1.54, 1.807) is 0 Å². The van der Waals surface area contributed by atoms with Crippen molar-refractivity contribution in [3.05, 3.63) is 34.4 Å². The molecule has 0 N–H and O–H groups in total. The van der Waals surface area contributed by atoms with Crippen LogP contribution >= 0.6 is 15.9 Å². The van der Waals surface area contributed by atoms with Gasteiger partial charge in [-0.15, -0.1) is 0 Å². The van der Waals surface area contributed by atoms with E-state index in [1.807, 2.05) is 0 Å². The topological polar surface area (TPSA) is 31.2 Å². The summed E-state index contributed by atoms with van der Waals surface area (Å²) in [7, 11) is 1.44. The minimum absolute atomic E-state index is 0.184. The lowest BCUT2D eigenvalue weighted by Crippen LogP contribution is -2.13. The molecule has 0 spiro atoms. The normalized spacial score (nSPS) is 16.1. The first-order chi connectivity index (χ1) is 10.7. The monoisotopic (exact) mass is 363 g/mol. The molecule has 1 aromatic carbocycles. The third kappa shape index (κ3) is 3.37. The summed E-state index contributed by atoms with van der Waals surface area (Å²) in [5.41, 5.74) is 2.27. The molecule has 4 heteroatoms. The fourth-order valence-electron chi connectivity index (χ4n) is 3.51. The number of nitrogens with zero attached hydrogens (tertiary/aromatic N) is 1. The fraction of sp³-hybridized carbons (Fsp3) is 0.500. The zero-order valence-electron chi connectivity index (χ0n) is 13.0. The molecule has 0 aliphatic heterocycles. The van der Waals surface area contributed by atoms with Gasteiger partial charge in [-0.25, -0.2) is 0 Å². The van der Waals surface area contributed by atoms with Gasteiger partial charge in [0.1, 0.15) is 0 Å². The second-order valence-corrected chi connectivity index (χ2v) is 7.14. The van der Waals surface area contributed by atoms with Crippen LogP contribution in [0.5, 0.6) is 0 Å². The molecule has 0 saturated heterocycles. The highest BCUT2D eigenvalue weighted by Crippen LogP contribution is 2.30. The zero-order valence-corrected chi connectivity index (χ0v) is 14.6. The molecule has 22 heavy (non-hydrogen) atoms. The van der Waals surface area contributed by atoms with E-state index < -0.39 is 0 Å². The molecule has 1 heterocycles. The quantitative estimate of drug-likeness (QED) is 0.737. The summed E-state index contributed by atoms with van der Waals surface area (Å²) in [6.45, 7) is 1.05. The Morgan fingerprint density at radius 3 is 2.82 bits per heavy atom. The highest BCUT2D eigenvalue weighted by Gasteiger charge is 2.17. The summed E-state index contributed by atoms with van der Waals surface area (Å²) in [6, 6.07) is 6.32. The van der Waals surface area contributed by atoms with Crippen molar-refractivity contribution in [3.63, 3.8) is 0 Å². The number of aromatic nitrogens is 1. The van der Waals surface area contributed by atoms with E-state index in [0.29, 0.717) is 6.42 Å². The molecule has 1 fully saturated rings. The standard InChI is InChI=1S/C18H22BrNO2/c1-22-18(21)9-14-12-20(11-13-5-3-2-4-6-13)17-8-7-15(19)10-16(14)17/h7-8,10,12-13H,2-6,9,11H2,1H3. The van der Waals surface area contributed by atoms with Crippen molar-refractivity contribution in [1.82, 2.24) is 4.57 Å². The van der Waals surface area contributed by atoms with Crippen LogP contribution in [0.3, 0.4) is 0 Å². The van der Waals surface area contributed by atoms with Crippen LogP contribution < -0.4 is 0 Å². The van der Waals surface area contributed by atoms with Crippen LogP contribution in [0.4, 0.5) is 0 Å². The molecule has 2 aromatic rings. The molecule has 1 aliphatic carbocycles. The Kier molecular flexibility index (Phi) is 4.87. The second kappa shape index (κ2) is 6.86. The van der Waals surface area contributed by atoms with Crippen molar-refractivity contribution >= 4 is 32.8 Å². The molecule has 0 radical (unpaired) electrons. The van der Waals surface area contributed by atoms with E-state index in [2.05, 4.69) is 44.9 Å². The number of fused-ring (bicyclic) bond motifs is 1. The van der Waals surface area contributed by atoms with E-state index in [-0.39, 0.29) is 5.97 Å². The van der Waals surface area contributed by atoms with Crippen LogP contribution in [-0.4, -0.2) is 17.6 Å². The number of hydrogen-bond donors (Lipinski definition) is 0. The van der Waals surface area contributed by atoms with Crippen LogP contribution in [0.1, 0.15) is 37.7 Å². The minimum Gasteiger partial charge on any atom is -0.469 e. The molecule has 1 aromatic heterocycles. The molecule has 1 saturated carbocycles. The van der Waals surface area contributed by atoms with Gasteiger partial charge in [0, 0.05) is 28.1 Å². The average Bonchev–Trinajstić information content (AvgIpc) is 2.85. The maximum atomic E-state index is 11.7. The summed E-state index contributed by atoms with van der Waals surface area (Å²) in [4.78, 5) is 11.7. The molecule has 0 amide bonds. The maximum Gasteiger partial charge on any atom is 0.310 e. The number of carbonyl (C=O) groups excluding carboxylic acids is 1. The van der Waals surface area contributed by atoms with Crippen molar-refractivity contribution < 1.29 is 9.53 Å². The third-order valence-corrected chi connectivity index (χ3v) is 5.16. The van der Waals surface area contributed by atoms with E-state index in [1.165, 1.54) is 44.7 Å². The van der Waals surface area contributed by atoms with Crippen molar-refractivity contribution in [2.75, 3.05) is 7.11 Å².